The Labute approximate surface area is 343 Å². The van der Waals surface area contributed by atoms with Crippen LogP contribution in [0, 0.1) is 36.0 Å². The Kier molecular flexibility index (Phi) is 12.5. The Morgan fingerprint density at radius 1 is 1.03 bits per heavy atom. The molecule has 1 spiro atoms. The van der Waals surface area contributed by atoms with Gasteiger partial charge in [-0.05, 0) is 38.7 Å². The highest BCUT2D eigenvalue weighted by Crippen LogP contribution is 2.50. The molecule has 13 nitrogen and oxygen atoms in total. The quantitative estimate of drug-likeness (QED) is 0.129. The minimum Gasteiger partial charge on any atom is -0.507 e. The van der Waals surface area contributed by atoms with Crippen LogP contribution in [-0.2, 0) is 19.1 Å². The maximum atomic E-state index is 13.8. The molecule has 6 N–H and O–H groups in total. The Morgan fingerprint density at radius 2 is 1.71 bits per heavy atom. The third kappa shape index (κ3) is 7.68. The van der Waals surface area contributed by atoms with Gasteiger partial charge in [0.2, 0.25) is 0 Å². The van der Waals surface area contributed by atoms with Crippen molar-refractivity contribution >= 4 is 45.8 Å². The molecule has 0 saturated carbocycles. The zero-order valence-electron chi connectivity index (χ0n) is 34.9. The average Bonchev–Trinajstić information content (AvgIpc) is 3.68. The van der Waals surface area contributed by atoms with E-state index >= 15 is 0 Å². The number of hydrogen-bond acceptors (Lipinski definition) is 13. The molecule has 4 bridgehead atoms. The molecule has 2 aromatic carbocycles. The number of phenolic OH excluding ortho intramolecular Hbond substituents is 2. The third-order valence-electron chi connectivity index (χ3n) is 12.6. The lowest BCUT2D eigenvalue weighted by Gasteiger charge is -2.39. The van der Waals surface area contributed by atoms with Crippen LogP contribution in [-0.4, -0.2) is 92.3 Å². The van der Waals surface area contributed by atoms with E-state index in [1.165, 1.54) is 6.92 Å². The summed E-state index contributed by atoms with van der Waals surface area (Å²) >= 11 is 1.81. The molecule has 4 aliphatic rings. The smallest absolute Gasteiger partial charge is 0.302 e. The van der Waals surface area contributed by atoms with Crippen molar-refractivity contribution in [3.05, 3.63) is 57.8 Å². The van der Waals surface area contributed by atoms with Crippen LogP contribution in [0.1, 0.15) is 85.3 Å². The van der Waals surface area contributed by atoms with Crippen LogP contribution in [0.4, 0.5) is 5.69 Å². The number of anilines is 1. The van der Waals surface area contributed by atoms with Crippen LogP contribution >= 0.6 is 11.8 Å². The molecule has 4 aliphatic heterocycles. The number of hydrogen-bond donors (Lipinski definition) is 6. The second-order valence-electron chi connectivity index (χ2n) is 16.6. The lowest BCUT2D eigenvalue weighted by atomic mass is 9.77. The van der Waals surface area contributed by atoms with Crippen LogP contribution in [0.15, 0.2) is 45.9 Å². The number of nitrogens with one attached hydrogen (secondary N) is 2. The summed E-state index contributed by atoms with van der Waals surface area (Å²) in [5.74, 6) is -1.80. The Bertz CT molecular complexity index is 2210. The molecule has 0 unspecified atom stereocenters. The fraction of sp³-hybridized carbons (Fsp3) is 0.568. The predicted octanol–water partition coefficient (Wildman–Crippen LogP) is 5.56. The van der Waals surface area contributed by atoms with E-state index in [0.29, 0.717) is 46.9 Å². The maximum absolute atomic E-state index is 13.8. The molecule has 1 saturated heterocycles. The van der Waals surface area contributed by atoms with Gasteiger partial charge in [0.15, 0.2) is 17.0 Å². The standard InChI is InChI=1S/C44H58N4O9S/c1-10-27-28(55-9)15-12-16-43(8)41(45)31-29-30(37(52)25(6)40(31)57-43)38(53)34(33-32(29)47-44(48-33)17-19-58-20-18-44)46-42(54)22(3)14-11-13-21(2)35(50)23(4)36(51)24(5)39(27)56-26(7)49/h11-15,21,23-24,27-28,35-36,39,45,50-53H,10,16-20H2,1-9H3,(H,46,54)/b13-11+,15-12+,22-14-,45-41?/t21-,23+,24+,27+,28-,35-,36+,39-,43+/m0/s1. The van der Waals surface area contributed by atoms with Crippen LogP contribution in [0.2, 0.25) is 0 Å². The van der Waals surface area contributed by atoms with Crippen molar-refractivity contribution in [3.63, 3.8) is 0 Å². The van der Waals surface area contributed by atoms with Crippen LogP contribution in [0.3, 0.4) is 0 Å². The normalized spacial score (nSPS) is 33.4. The molecule has 58 heavy (non-hydrogen) atoms. The van der Waals surface area contributed by atoms with Gasteiger partial charge in [0, 0.05) is 73.5 Å². The molecular weight excluding hydrogens is 761 g/mol. The number of benzene rings is 2. The number of phenols is 2. The summed E-state index contributed by atoms with van der Waals surface area (Å²) in [6, 6.07) is 0. The summed E-state index contributed by atoms with van der Waals surface area (Å²) in [4.78, 5) is 36.6. The number of aliphatic hydroxyl groups is 2. The summed E-state index contributed by atoms with van der Waals surface area (Å²) in [7, 11) is 1.56. The molecule has 4 heterocycles. The third-order valence-corrected chi connectivity index (χ3v) is 13.6. The molecule has 0 aliphatic carbocycles. The van der Waals surface area contributed by atoms with Gasteiger partial charge in [-0.15, -0.1) is 0 Å². The number of carbonyl (C=O) groups excluding carboxylic acids is 2. The largest absolute Gasteiger partial charge is 0.507 e. The highest BCUT2D eigenvalue weighted by molar-refractivity contribution is 7.99. The van der Waals surface area contributed by atoms with E-state index in [2.05, 4.69) is 5.32 Å². The highest BCUT2D eigenvalue weighted by atomic mass is 32.2. The first-order valence-electron chi connectivity index (χ1n) is 20.2. The van der Waals surface area contributed by atoms with Crippen LogP contribution in [0.5, 0.6) is 17.2 Å². The summed E-state index contributed by atoms with van der Waals surface area (Å²) in [5.41, 5.74) is -0.920. The zero-order valence-corrected chi connectivity index (χ0v) is 35.7. The van der Waals surface area contributed by atoms with Gasteiger partial charge in [0.25, 0.3) is 5.91 Å². The first-order chi connectivity index (χ1) is 27.4. The number of nitrogens with zero attached hydrogens (tertiary/aromatic N) is 2. The Hall–Kier alpha value is -4.24. The Morgan fingerprint density at radius 3 is 2.34 bits per heavy atom. The fourth-order valence-electron chi connectivity index (χ4n) is 8.91. The second kappa shape index (κ2) is 16.8. The highest BCUT2D eigenvalue weighted by Gasteiger charge is 2.46. The first kappa shape index (κ1) is 43.3. The van der Waals surface area contributed by atoms with Gasteiger partial charge in [0.05, 0.1) is 40.3 Å². The van der Waals surface area contributed by atoms with Gasteiger partial charge in [-0.1, -0.05) is 58.1 Å². The van der Waals surface area contributed by atoms with Crippen molar-refractivity contribution < 1.29 is 44.2 Å². The van der Waals surface area contributed by atoms with E-state index in [0.717, 1.165) is 11.5 Å². The minimum atomic E-state index is -1.22. The first-order valence-corrected chi connectivity index (χ1v) is 21.3. The van der Waals surface area contributed by atoms with Gasteiger partial charge < -0.3 is 45.4 Å². The van der Waals surface area contributed by atoms with E-state index in [4.69, 9.17) is 24.2 Å². The number of thioether (sulfide) groups is 1. The molecule has 6 rings (SSSR count). The molecule has 0 aromatic heterocycles. The molecule has 1 amide bonds. The van der Waals surface area contributed by atoms with Crippen molar-refractivity contribution in [2.24, 2.45) is 33.7 Å². The van der Waals surface area contributed by atoms with E-state index in [1.807, 2.05) is 26.0 Å². The van der Waals surface area contributed by atoms with E-state index in [1.54, 1.807) is 71.7 Å². The van der Waals surface area contributed by atoms with Crippen molar-refractivity contribution in [1.82, 2.24) is 0 Å². The lowest BCUT2D eigenvalue weighted by Crippen LogP contribution is -2.47. The number of aliphatic hydroxyl groups excluding tert-OH is 2. The molecule has 0 radical (unpaired) electrons. The van der Waals surface area contributed by atoms with Crippen molar-refractivity contribution in [2.75, 3.05) is 23.9 Å². The van der Waals surface area contributed by atoms with Gasteiger partial charge in [-0.2, -0.15) is 11.8 Å². The number of carbonyl (C=O) groups is 2. The summed E-state index contributed by atoms with van der Waals surface area (Å²) in [6.07, 6.45) is 7.32. The predicted molar refractivity (Wildman–Crippen MR) is 224 cm³/mol. The number of methoxy groups -OCH3 is 1. The maximum Gasteiger partial charge on any atom is 0.302 e. The summed E-state index contributed by atoms with van der Waals surface area (Å²) in [6.45, 7) is 13.7. The minimum absolute atomic E-state index is 0.0205. The van der Waals surface area contributed by atoms with Crippen LogP contribution in [0.25, 0.3) is 10.8 Å². The number of amides is 1. The summed E-state index contributed by atoms with van der Waals surface area (Å²) in [5, 5.41) is 60.5. The monoisotopic (exact) mass is 818 g/mol. The number of aromatic hydroxyl groups is 2. The molecular formula is C44H58N4O9S. The molecule has 9 atom stereocenters. The topological polar surface area (TPSA) is 203 Å². The van der Waals surface area contributed by atoms with Gasteiger partial charge in [-0.3, -0.25) is 19.6 Å². The van der Waals surface area contributed by atoms with E-state index < -0.39 is 71.2 Å². The van der Waals surface area contributed by atoms with E-state index in [-0.39, 0.29) is 45.6 Å². The molecule has 314 valence electrons. The summed E-state index contributed by atoms with van der Waals surface area (Å²) < 4.78 is 18.5. The SMILES string of the molecule is CC[C@H]1[C@@H](OC(C)=O)[C@H](C)[C@H](O)[C@H](C)[C@@H](O)[C@@H](C)/C=C/C=C(/C)C(=O)Nc2c(O)c3c(O)c(C)c4c(c3c3c2=NC2(CCSCC2)N=3)C(=N)[C@@](C)(C/C=C/[C@@H]1OC)O4. The Balaban J connectivity index is 1.56. The number of rotatable bonds is 3. The van der Waals surface area contributed by atoms with Gasteiger partial charge >= 0.3 is 5.97 Å². The number of ether oxygens (including phenoxy) is 3. The van der Waals surface area contributed by atoms with Crippen molar-refractivity contribution in [3.8, 4) is 17.2 Å². The lowest BCUT2D eigenvalue weighted by molar-refractivity contribution is -0.161. The zero-order chi connectivity index (χ0) is 42.4. The number of fused-ring (bicyclic) bond motifs is 1. The fourth-order valence-corrected chi connectivity index (χ4v) is 10.1. The van der Waals surface area contributed by atoms with Crippen molar-refractivity contribution in [1.29, 1.82) is 5.41 Å². The molecule has 1 fully saturated rings. The number of allylic oxidation sites excluding steroid dienone is 2. The van der Waals surface area contributed by atoms with Gasteiger partial charge in [0.1, 0.15) is 28.6 Å². The van der Waals surface area contributed by atoms with Crippen molar-refractivity contribution in [2.45, 2.75) is 117 Å². The number of esters is 1. The molecule has 14 heteroatoms. The average molecular weight is 819 g/mol. The molecule has 2 aromatic rings. The van der Waals surface area contributed by atoms with Crippen LogP contribution < -0.4 is 20.8 Å². The second-order valence-corrected chi connectivity index (χ2v) is 17.8. The van der Waals surface area contributed by atoms with Gasteiger partial charge in [-0.25, -0.2) is 0 Å². The van der Waals surface area contributed by atoms with E-state index in [9.17, 15) is 35.4 Å².